The Morgan fingerprint density at radius 2 is 2.33 bits per heavy atom. The van der Waals surface area contributed by atoms with Crippen LogP contribution in [-0.4, -0.2) is 47.9 Å². The molecule has 98 valence electrons. The molecule has 1 aliphatic heterocycles. The summed E-state index contributed by atoms with van der Waals surface area (Å²) in [6.45, 7) is 3.17. The van der Waals surface area contributed by atoms with Gasteiger partial charge in [0.15, 0.2) is 0 Å². The monoisotopic (exact) mass is 268 g/mol. The van der Waals surface area contributed by atoms with Gasteiger partial charge in [0, 0.05) is 31.2 Å². The normalized spacial score (nSPS) is 16.1. The molecule has 1 aromatic heterocycles. The molecule has 1 aliphatic rings. The number of carbonyl (C=O) groups excluding carboxylic acids is 2. The van der Waals surface area contributed by atoms with Crippen molar-refractivity contribution in [1.29, 1.82) is 0 Å². The van der Waals surface area contributed by atoms with Gasteiger partial charge >= 0.3 is 11.8 Å². The van der Waals surface area contributed by atoms with Crippen LogP contribution in [0.5, 0.6) is 0 Å². The fourth-order valence-corrected chi connectivity index (χ4v) is 2.32. The average molecular weight is 268 g/mol. The van der Waals surface area contributed by atoms with Crippen molar-refractivity contribution >= 4 is 23.2 Å². The minimum atomic E-state index is -0.549. The minimum absolute atomic E-state index is 0.314. The molecule has 0 atom stereocenters. The molecule has 0 saturated carbocycles. The third kappa shape index (κ3) is 3.51. The fraction of sp³-hybridized carbons (Fsp3) is 0.545. The van der Waals surface area contributed by atoms with E-state index in [1.54, 1.807) is 11.1 Å². The van der Waals surface area contributed by atoms with Crippen LogP contribution >= 0.6 is 11.3 Å². The van der Waals surface area contributed by atoms with Gasteiger partial charge in [0.25, 0.3) is 0 Å². The first-order valence-corrected chi connectivity index (χ1v) is 6.81. The van der Waals surface area contributed by atoms with E-state index < -0.39 is 11.8 Å². The largest absolute Gasteiger partial charge is 0.341 e. The van der Waals surface area contributed by atoms with E-state index in [0.717, 1.165) is 24.5 Å². The summed E-state index contributed by atoms with van der Waals surface area (Å²) in [5, 5.41) is 8.43. The molecule has 1 saturated heterocycles. The molecule has 0 aromatic carbocycles. The fourth-order valence-electron chi connectivity index (χ4n) is 1.76. The van der Waals surface area contributed by atoms with Gasteiger partial charge in [-0.3, -0.25) is 9.59 Å². The molecule has 0 bridgehead atoms. The lowest BCUT2D eigenvalue weighted by Crippen LogP contribution is -2.44. The maximum absolute atomic E-state index is 11.9. The van der Waals surface area contributed by atoms with Crippen molar-refractivity contribution in [3.8, 4) is 0 Å². The SMILES string of the molecule is O=C(NCc1nccs1)C(=O)N1CCCNCC1. The summed E-state index contributed by atoms with van der Waals surface area (Å²) in [6.07, 6.45) is 2.56. The zero-order valence-corrected chi connectivity index (χ0v) is 10.8. The second kappa shape index (κ2) is 6.46. The number of rotatable bonds is 2. The highest BCUT2D eigenvalue weighted by molar-refractivity contribution is 7.09. The van der Waals surface area contributed by atoms with Gasteiger partial charge in [0.2, 0.25) is 0 Å². The standard InChI is InChI=1S/C11H16N4O2S/c16-10(14-8-9-13-4-7-18-9)11(17)15-5-1-2-12-3-6-15/h4,7,12H,1-3,5-6,8H2,(H,14,16). The van der Waals surface area contributed by atoms with E-state index in [0.29, 0.717) is 19.6 Å². The van der Waals surface area contributed by atoms with E-state index in [1.165, 1.54) is 11.3 Å². The number of hydrogen-bond acceptors (Lipinski definition) is 5. The van der Waals surface area contributed by atoms with Gasteiger partial charge in [-0.05, 0) is 13.0 Å². The third-order valence-electron chi connectivity index (χ3n) is 2.71. The molecule has 0 aliphatic carbocycles. The molecule has 2 heterocycles. The lowest BCUT2D eigenvalue weighted by Gasteiger charge is -2.18. The lowest BCUT2D eigenvalue weighted by molar-refractivity contribution is -0.145. The van der Waals surface area contributed by atoms with E-state index in [-0.39, 0.29) is 0 Å². The number of nitrogens with zero attached hydrogens (tertiary/aromatic N) is 2. The zero-order valence-electron chi connectivity index (χ0n) is 10.0. The van der Waals surface area contributed by atoms with Crippen molar-refractivity contribution in [3.05, 3.63) is 16.6 Å². The smallest absolute Gasteiger partial charge is 0.311 e. The van der Waals surface area contributed by atoms with Crippen LogP contribution in [0.15, 0.2) is 11.6 Å². The highest BCUT2D eigenvalue weighted by atomic mass is 32.1. The van der Waals surface area contributed by atoms with Crippen molar-refractivity contribution in [1.82, 2.24) is 20.5 Å². The van der Waals surface area contributed by atoms with Crippen LogP contribution in [0.3, 0.4) is 0 Å². The molecule has 6 nitrogen and oxygen atoms in total. The Kier molecular flexibility index (Phi) is 4.66. The summed E-state index contributed by atoms with van der Waals surface area (Å²) in [6, 6.07) is 0. The van der Waals surface area contributed by atoms with E-state index in [2.05, 4.69) is 15.6 Å². The summed E-state index contributed by atoms with van der Waals surface area (Å²) >= 11 is 1.45. The van der Waals surface area contributed by atoms with Gasteiger partial charge in [0.05, 0.1) is 6.54 Å². The zero-order chi connectivity index (χ0) is 12.8. The predicted molar refractivity (Wildman–Crippen MR) is 68.0 cm³/mol. The second-order valence-corrected chi connectivity index (χ2v) is 4.98. The van der Waals surface area contributed by atoms with Crippen LogP contribution in [0, 0.1) is 0 Å². The van der Waals surface area contributed by atoms with E-state index >= 15 is 0 Å². The van der Waals surface area contributed by atoms with Crippen molar-refractivity contribution < 1.29 is 9.59 Å². The summed E-state index contributed by atoms with van der Waals surface area (Å²) in [4.78, 5) is 29.2. The quantitative estimate of drug-likeness (QED) is 0.715. The van der Waals surface area contributed by atoms with Crippen molar-refractivity contribution in [2.75, 3.05) is 26.2 Å². The number of amides is 2. The molecule has 0 spiro atoms. The first kappa shape index (κ1) is 13.0. The maximum atomic E-state index is 11.9. The molecular formula is C11H16N4O2S. The summed E-state index contributed by atoms with van der Waals surface area (Å²) in [7, 11) is 0. The minimum Gasteiger partial charge on any atom is -0.341 e. The Morgan fingerprint density at radius 3 is 3.11 bits per heavy atom. The summed E-state index contributed by atoms with van der Waals surface area (Å²) in [5.41, 5.74) is 0. The topological polar surface area (TPSA) is 74.3 Å². The highest BCUT2D eigenvalue weighted by Gasteiger charge is 2.22. The van der Waals surface area contributed by atoms with Crippen LogP contribution in [0.1, 0.15) is 11.4 Å². The first-order valence-electron chi connectivity index (χ1n) is 5.93. The number of thiazole rings is 1. The van der Waals surface area contributed by atoms with Crippen molar-refractivity contribution in [3.63, 3.8) is 0 Å². The van der Waals surface area contributed by atoms with Gasteiger partial charge < -0.3 is 15.5 Å². The van der Waals surface area contributed by atoms with E-state index in [9.17, 15) is 9.59 Å². The summed E-state index contributed by atoms with van der Waals surface area (Å²) in [5.74, 6) is -0.998. The molecule has 7 heteroatoms. The van der Waals surface area contributed by atoms with Crippen molar-refractivity contribution in [2.45, 2.75) is 13.0 Å². The van der Waals surface area contributed by atoms with Crippen LogP contribution in [0.4, 0.5) is 0 Å². The number of nitrogens with one attached hydrogen (secondary N) is 2. The second-order valence-electron chi connectivity index (χ2n) is 4.00. The van der Waals surface area contributed by atoms with Crippen LogP contribution in [-0.2, 0) is 16.1 Å². The van der Waals surface area contributed by atoms with Gasteiger partial charge in [0.1, 0.15) is 5.01 Å². The third-order valence-corrected chi connectivity index (χ3v) is 3.48. The van der Waals surface area contributed by atoms with Gasteiger partial charge in [-0.2, -0.15) is 0 Å². The molecule has 2 amide bonds. The number of aromatic nitrogens is 1. The van der Waals surface area contributed by atoms with Crippen molar-refractivity contribution in [2.24, 2.45) is 0 Å². The lowest BCUT2D eigenvalue weighted by atomic mass is 10.3. The molecule has 1 aromatic rings. The van der Waals surface area contributed by atoms with Gasteiger partial charge in [-0.15, -0.1) is 11.3 Å². The Labute approximate surface area is 109 Å². The molecule has 2 N–H and O–H groups in total. The molecule has 0 unspecified atom stereocenters. The first-order chi connectivity index (χ1) is 8.77. The summed E-state index contributed by atoms with van der Waals surface area (Å²) < 4.78 is 0. The van der Waals surface area contributed by atoms with Crippen LogP contribution in [0.25, 0.3) is 0 Å². The molecule has 2 rings (SSSR count). The number of carbonyl (C=O) groups is 2. The Bertz CT molecular complexity index is 399. The Balaban J connectivity index is 1.82. The average Bonchev–Trinajstić information content (AvgIpc) is 2.75. The van der Waals surface area contributed by atoms with Crippen LogP contribution < -0.4 is 10.6 Å². The molecule has 18 heavy (non-hydrogen) atoms. The van der Waals surface area contributed by atoms with E-state index in [1.807, 2.05) is 5.38 Å². The maximum Gasteiger partial charge on any atom is 0.311 e. The van der Waals surface area contributed by atoms with Gasteiger partial charge in [-0.25, -0.2) is 4.98 Å². The number of hydrogen-bond donors (Lipinski definition) is 2. The Hall–Kier alpha value is -1.47. The molecular weight excluding hydrogens is 252 g/mol. The highest BCUT2D eigenvalue weighted by Crippen LogP contribution is 2.03. The molecule has 0 radical (unpaired) electrons. The van der Waals surface area contributed by atoms with Gasteiger partial charge in [-0.1, -0.05) is 0 Å². The Morgan fingerprint density at radius 1 is 1.44 bits per heavy atom. The molecule has 1 fully saturated rings. The van der Waals surface area contributed by atoms with E-state index in [4.69, 9.17) is 0 Å². The predicted octanol–water partition coefficient (Wildman–Crippen LogP) is -0.419. The van der Waals surface area contributed by atoms with Crippen LogP contribution in [0.2, 0.25) is 0 Å².